The summed E-state index contributed by atoms with van der Waals surface area (Å²) in [7, 11) is -3.78. The third-order valence-corrected chi connectivity index (χ3v) is 3.86. The Labute approximate surface area is 110 Å². The van der Waals surface area contributed by atoms with Crippen molar-refractivity contribution in [1.29, 1.82) is 0 Å². The van der Waals surface area contributed by atoms with E-state index in [0.29, 0.717) is 5.69 Å². The molecule has 0 spiro atoms. The number of amides is 2. The minimum atomic E-state index is -3.78. The van der Waals surface area contributed by atoms with Crippen LogP contribution in [0.2, 0.25) is 0 Å². The van der Waals surface area contributed by atoms with Crippen LogP contribution in [0.1, 0.15) is 6.92 Å². The van der Waals surface area contributed by atoms with Crippen molar-refractivity contribution < 1.29 is 22.2 Å². The molecular weight excluding hydrogens is 270 g/mol. The van der Waals surface area contributed by atoms with Crippen LogP contribution in [0.5, 0.6) is 0 Å². The Hall–Kier alpha value is -1.99. The van der Waals surface area contributed by atoms with Crippen LogP contribution < -0.4 is 4.90 Å². The molecule has 6 nitrogen and oxygen atoms in total. The Morgan fingerprint density at radius 1 is 1.05 bits per heavy atom. The van der Waals surface area contributed by atoms with Crippen molar-refractivity contribution in [3.8, 4) is 0 Å². The minimum Gasteiger partial charge on any atom is -0.269 e. The fraction of sp³-hybridized carbons (Fsp3) is 0.167. The molecule has 1 aromatic rings. The normalized spacial score (nSPS) is 15.3. The Bertz CT molecular complexity index is 627. The number of carbonyl (C=O) groups is 2. The van der Waals surface area contributed by atoms with Gasteiger partial charge in [0.15, 0.2) is 0 Å². The van der Waals surface area contributed by atoms with E-state index in [1.165, 1.54) is 24.3 Å². The third-order valence-electron chi connectivity index (χ3n) is 2.47. The third kappa shape index (κ3) is 2.56. The molecule has 0 aliphatic carbocycles. The molecule has 1 aromatic carbocycles. The van der Waals surface area contributed by atoms with Gasteiger partial charge in [-0.3, -0.25) is 13.8 Å². The summed E-state index contributed by atoms with van der Waals surface area (Å²) in [5.74, 6) is -0.907. The monoisotopic (exact) mass is 281 g/mol. The first-order valence-corrected chi connectivity index (χ1v) is 6.92. The van der Waals surface area contributed by atoms with Crippen molar-refractivity contribution in [3.05, 3.63) is 36.4 Å². The summed E-state index contributed by atoms with van der Waals surface area (Å²) in [6, 6.07) is 5.35. The predicted octanol–water partition coefficient (Wildman–Crippen LogP) is 0.841. The maximum atomic E-state index is 11.6. The number of anilines is 1. The van der Waals surface area contributed by atoms with Crippen LogP contribution in [0.25, 0.3) is 0 Å². The molecule has 1 aliphatic heterocycles. The molecule has 0 atom stereocenters. The SMILES string of the molecule is CCOS(=O)(=O)c1ccc(N2C(=O)C=CC2=O)cc1. The summed E-state index contributed by atoms with van der Waals surface area (Å²) in [5, 5.41) is 0. The summed E-state index contributed by atoms with van der Waals surface area (Å²) >= 11 is 0. The highest BCUT2D eigenvalue weighted by atomic mass is 32.2. The number of benzene rings is 1. The standard InChI is InChI=1S/C12H11NO5S/c1-2-18-19(16,17)10-5-3-9(4-6-10)13-11(14)7-8-12(13)15/h3-8H,2H2,1H3. The average Bonchev–Trinajstić information content (AvgIpc) is 2.69. The van der Waals surface area contributed by atoms with E-state index in [1.54, 1.807) is 6.92 Å². The van der Waals surface area contributed by atoms with Crippen molar-refractivity contribution in [1.82, 2.24) is 0 Å². The fourth-order valence-corrected chi connectivity index (χ4v) is 2.56. The van der Waals surface area contributed by atoms with Crippen LogP contribution in [0.15, 0.2) is 41.3 Å². The summed E-state index contributed by atoms with van der Waals surface area (Å²) in [4.78, 5) is 23.8. The van der Waals surface area contributed by atoms with Crippen molar-refractivity contribution in [2.75, 3.05) is 11.5 Å². The predicted molar refractivity (Wildman–Crippen MR) is 66.9 cm³/mol. The van der Waals surface area contributed by atoms with Gasteiger partial charge in [0.05, 0.1) is 17.2 Å². The zero-order chi connectivity index (χ0) is 14.0. The molecule has 0 aromatic heterocycles. The Morgan fingerprint density at radius 2 is 1.58 bits per heavy atom. The molecule has 2 rings (SSSR count). The largest absolute Gasteiger partial charge is 0.296 e. The second-order valence-corrected chi connectivity index (χ2v) is 5.32. The number of nitrogens with zero attached hydrogens (tertiary/aromatic N) is 1. The molecule has 0 saturated carbocycles. The lowest BCUT2D eigenvalue weighted by molar-refractivity contribution is -0.119. The van der Waals surface area contributed by atoms with Gasteiger partial charge in [0, 0.05) is 12.2 Å². The number of imide groups is 1. The Morgan fingerprint density at radius 3 is 2.05 bits per heavy atom. The second kappa shape index (κ2) is 4.94. The molecule has 7 heteroatoms. The van der Waals surface area contributed by atoms with Crippen LogP contribution in [-0.4, -0.2) is 26.8 Å². The Balaban J connectivity index is 2.29. The minimum absolute atomic E-state index is 0.0230. The summed E-state index contributed by atoms with van der Waals surface area (Å²) < 4.78 is 27.9. The van der Waals surface area contributed by atoms with Crippen LogP contribution in [0.4, 0.5) is 5.69 Å². The Kier molecular flexibility index (Phi) is 3.50. The number of hydrogen-bond acceptors (Lipinski definition) is 5. The number of hydrogen-bond donors (Lipinski definition) is 0. The molecule has 0 fully saturated rings. The zero-order valence-electron chi connectivity index (χ0n) is 10.1. The maximum Gasteiger partial charge on any atom is 0.296 e. The molecule has 0 radical (unpaired) electrons. The quantitative estimate of drug-likeness (QED) is 0.603. The molecular formula is C12H11NO5S. The van der Waals surface area contributed by atoms with Gasteiger partial charge in [-0.25, -0.2) is 4.90 Å². The van der Waals surface area contributed by atoms with Crippen molar-refractivity contribution in [2.24, 2.45) is 0 Å². The van der Waals surface area contributed by atoms with Gasteiger partial charge in [-0.2, -0.15) is 8.42 Å². The van der Waals surface area contributed by atoms with Gasteiger partial charge in [-0.15, -0.1) is 0 Å². The lowest BCUT2D eigenvalue weighted by Gasteiger charge is -2.14. The van der Waals surface area contributed by atoms with Crippen LogP contribution in [0, 0.1) is 0 Å². The maximum absolute atomic E-state index is 11.6. The summed E-state index contributed by atoms with van der Waals surface area (Å²) in [6.45, 7) is 1.61. The van der Waals surface area contributed by atoms with E-state index in [4.69, 9.17) is 0 Å². The van der Waals surface area contributed by atoms with Crippen LogP contribution in [0.3, 0.4) is 0 Å². The molecule has 1 aliphatic rings. The van der Waals surface area contributed by atoms with E-state index in [1.807, 2.05) is 0 Å². The molecule has 19 heavy (non-hydrogen) atoms. The molecule has 0 bridgehead atoms. The van der Waals surface area contributed by atoms with Crippen molar-refractivity contribution in [2.45, 2.75) is 11.8 Å². The zero-order valence-corrected chi connectivity index (χ0v) is 10.9. The molecule has 1 heterocycles. The van der Waals surface area contributed by atoms with Crippen molar-refractivity contribution >= 4 is 27.6 Å². The molecule has 100 valence electrons. The van der Waals surface area contributed by atoms with Gasteiger partial charge in [0.2, 0.25) is 0 Å². The smallest absolute Gasteiger partial charge is 0.269 e. The number of rotatable bonds is 4. The van der Waals surface area contributed by atoms with Gasteiger partial charge < -0.3 is 0 Å². The summed E-state index contributed by atoms with van der Waals surface area (Å²) in [5.41, 5.74) is 0.315. The van der Waals surface area contributed by atoms with Gasteiger partial charge >= 0.3 is 0 Å². The van der Waals surface area contributed by atoms with E-state index >= 15 is 0 Å². The highest BCUT2D eigenvalue weighted by Gasteiger charge is 2.25. The first-order chi connectivity index (χ1) is 8.95. The van der Waals surface area contributed by atoms with Gasteiger partial charge in [-0.1, -0.05) is 0 Å². The molecule has 0 N–H and O–H groups in total. The number of carbonyl (C=O) groups excluding carboxylic acids is 2. The summed E-state index contributed by atoms with van der Waals surface area (Å²) in [6.07, 6.45) is 2.32. The van der Waals surface area contributed by atoms with E-state index in [0.717, 1.165) is 17.1 Å². The first-order valence-electron chi connectivity index (χ1n) is 5.51. The van der Waals surface area contributed by atoms with E-state index in [-0.39, 0.29) is 11.5 Å². The van der Waals surface area contributed by atoms with E-state index in [2.05, 4.69) is 4.18 Å². The first kappa shape index (κ1) is 13.4. The lowest BCUT2D eigenvalue weighted by Crippen LogP contribution is -2.29. The van der Waals surface area contributed by atoms with Crippen LogP contribution >= 0.6 is 0 Å². The fourth-order valence-electron chi connectivity index (χ4n) is 1.64. The van der Waals surface area contributed by atoms with Gasteiger partial charge in [-0.05, 0) is 31.2 Å². The highest BCUT2D eigenvalue weighted by Crippen LogP contribution is 2.22. The topological polar surface area (TPSA) is 80.8 Å². The molecule has 0 unspecified atom stereocenters. The average molecular weight is 281 g/mol. The highest BCUT2D eigenvalue weighted by molar-refractivity contribution is 7.86. The molecule has 2 amide bonds. The van der Waals surface area contributed by atoms with E-state index < -0.39 is 21.9 Å². The lowest BCUT2D eigenvalue weighted by atomic mass is 10.3. The van der Waals surface area contributed by atoms with E-state index in [9.17, 15) is 18.0 Å². The van der Waals surface area contributed by atoms with Crippen LogP contribution in [-0.2, 0) is 23.9 Å². The molecule has 0 saturated heterocycles. The second-order valence-electron chi connectivity index (χ2n) is 3.70. The van der Waals surface area contributed by atoms with Crippen molar-refractivity contribution in [3.63, 3.8) is 0 Å². The van der Waals surface area contributed by atoms with Gasteiger partial charge in [0.1, 0.15) is 0 Å². The van der Waals surface area contributed by atoms with Gasteiger partial charge in [0.25, 0.3) is 21.9 Å².